The van der Waals surface area contributed by atoms with Crippen molar-refractivity contribution in [2.24, 2.45) is 5.92 Å². The monoisotopic (exact) mass is 401 g/mol. The van der Waals surface area contributed by atoms with Crippen molar-refractivity contribution in [2.45, 2.75) is 51.9 Å². The molecule has 1 fully saturated rings. The number of hydrogen-bond acceptors (Lipinski definition) is 0. The van der Waals surface area contributed by atoms with E-state index in [4.69, 9.17) is 0 Å². The van der Waals surface area contributed by atoms with E-state index < -0.39 is 22.8 Å². The first-order valence-corrected chi connectivity index (χ1v) is 10.2. The van der Waals surface area contributed by atoms with Gasteiger partial charge in [0.1, 0.15) is 0 Å². The quantitative estimate of drug-likeness (QED) is 0.560. The van der Waals surface area contributed by atoms with Crippen molar-refractivity contribution in [3.05, 3.63) is 44.8 Å². The van der Waals surface area contributed by atoms with Crippen molar-refractivity contribution >= 4 is 28.0 Å². The van der Waals surface area contributed by atoms with Crippen molar-refractivity contribution in [1.29, 1.82) is 0 Å². The third kappa shape index (κ3) is 4.88. The fourth-order valence-corrected chi connectivity index (χ4v) is 7.52. The molecule has 0 nitrogen and oxygen atoms in total. The van der Waals surface area contributed by atoms with Crippen LogP contribution in [0.25, 0.3) is 0 Å². The summed E-state index contributed by atoms with van der Waals surface area (Å²) in [5.41, 5.74) is 3.31. The van der Waals surface area contributed by atoms with E-state index in [0.29, 0.717) is 5.92 Å². The second kappa shape index (κ2) is 9.44. The molecule has 0 aromatic rings. The Hall–Kier alpha value is 0.293. The Balaban J connectivity index is 0.00000110. The molecule has 21 heavy (non-hydrogen) atoms. The van der Waals surface area contributed by atoms with Crippen molar-refractivity contribution in [3.63, 3.8) is 0 Å². The molecular formula is C18H25Cl2Zr. The Bertz CT molecular complexity index is 501. The SMILES string of the molecule is CC(C1=CC=CC1)C1=[C]([Zr]=[C]2CCCCC2)CC=C1.Cl.Cl. The molecule has 0 aromatic carbocycles. The zero-order valence-electron chi connectivity index (χ0n) is 12.7. The topological polar surface area (TPSA) is 0 Å². The summed E-state index contributed by atoms with van der Waals surface area (Å²) in [6.45, 7) is 2.41. The minimum absolute atomic E-state index is 0. The Labute approximate surface area is 152 Å². The molecular weight excluding hydrogens is 378 g/mol. The number of rotatable bonds is 3. The molecule has 3 aliphatic carbocycles. The molecule has 0 spiro atoms. The molecule has 0 radical (unpaired) electrons. The molecule has 0 bridgehead atoms. The molecule has 3 heteroatoms. The van der Waals surface area contributed by atoms with Crippen molar-refractivity contribution < 1.29 is 22.8 Å². The average molecular weight is 404 g/mol. The minimum atomic E-state index is -0.397. The first kappa shape index (κ1) is 19.3. The van der Waals surface area contributed by atoms with Crippen LogP contribution in [-0.2, 0) is 22.8 Å². The molecule has 1 atom stereocenters. The number of allylic oxidation sites excluding steroid dienone is 8. The predicted molar refractivity (Wildman–Crippen MR) is 94.4 cm³/mol. The third-order valence-corrected chi connectivity index (χ3v) is 8.63. The van der Waals surface area contributed by atoms with Crippen molar-refractivity contribution in [3.8, 4) is 0 Å². The van der Waals surface area contributed by atoms with Crippen LogP contribution >= 0.6 is 24.8 Å². The van der Waals surface area contributed by atoms with Crippen molar-refractivity contribution in [2.75, 3.05) is 0 Å². The summed E-state index contributed by atoms with van der Waals surface area (Å²) >= 11 is -0.397. The standard InChI is InChI=1S/C12H13.C6H10.2ClH.Zr/c1-10(11-6-2-3-7-11)12-8-4-5-9-12;1-2-4-6-5-3-1;;;/h2-4,6,8,10H,5,7H2,1H3;1-5H2;2*1H;. The van der Waals surface area contributed by atoms with Gasteiger partial charge < -0.3 is 0 Å². The van der Waals surface area contributed by atoms with Gasteiger partial charge in [-0.05, 0) is 0 Å². The summed E-state index contributed by atoms with van der Waals surface area (Å²) in [6.07, 6.45) is 21.5. The summed E-state index contributed by atoms with van der Waals surface area (Å²) in [5.74, 6) is 0.661. The molecule has 0 heterocycles. The van der Waals surface area contributed by atoms with Gasteiger partial charge in [0.25, 0.3) is 0 Å². The van der Waals surface area contributed by atoms with E-state index in [1.807, 2.05) is 6.49 Å². The van der Waals surface area contributed by atoms with Gasteiger partial charge in [0.2, 0.25) is 0 Å². The first-order chi connectivity index (χ1) is 9.34. The van der Waals surface area contributed by atoms with Crippen LogP contribution in [0.2, 0.25) is 0 Å². The Kier molecular flexibility index (Phi) is 8.69. The predicted octanol–water partition coefficient (Wildman–Crippen LogP) is 5.79. The summed E-state index contributed by atoms with van der Waals surface area (Å²) in [6, 6.07) is 0. The van der Waals surface area contributed by atoms with Crippen LogP contribution in [0.4, 0.5) is 0 Å². The van der Waals surface area contributed by atoms with E-state index in [0.717, 1.165) is 0 Å². The van der Waals surface area contributed by atoms with Gasteiger partial charge in [-0.3, -0.25) is 0 Å². The fourth-order valence-electron chi connectivity index (χ4n) is 3.35. The van der Waals surface area contributed by atoms with Gasteiger partial charge in [-0.1, -0.05) is 0 Å². The van der Waals surface area contributed by atoms with E-state index in [1.165, 1.54) is 44.9 Å². The van der Waals surface area contributed by atoms with Gasteiger partial charge in [-0.25, -0.2) is 0 Å². The Morgan fingerprint density at radius 1 is 1.00 bits per heavy atom. The van der Waals surface area contributed by atoms with Crippen LogP contribution in [-0.4, -0.2) is 3.21 Å². The van der Waals surface area contributed by atoms with E-state index in [1.54, 1.807) is 11.1 Å². The van der Waals surface area contributed by atoms with E-state index in [2.05, 4.69) is 37.3 Å². The molecule has 0 aromatic heterocycles. The van der Waals surface area contributed by atoms with Gasteiger partial charge in [0.05, 0.1) is 0 Å². The second-order valence-electron chi connectivity index (χ2n) is 5.93. The third-order valence-electron chi connectivity index (χ3n) is 4.58. The molecule has 3 rings (SSSR count). The molecule has 1 saturated carbocycles. The van der Waals surface area contributed by atoms with Crippen LogP contribution in [0.5, 0.6) is 0 Å². The summed E-state index contributed by atoms with van der Waals surface area (Å²) in [4.78, 5) is 0. The Morgan fingerprint density at radius 2 is 1.76 bits per heavy atom. The molecule has 0 N–H and O–H groups in total. The zero-order valence-corrected chi connectivity index (χ0v) is 16.8. The van der Waals surface area contributed by atoms with Crippen LogP contribution < -0.4 is 0 Å². The summed E-state index contributed by atoms with van der Waals surface area (Å²) in [5, 5.41) is 0. The average Bonchev–Trinajstić information content (AvgIpc) is 3.10. The van der Waals surface area contributed by atoms with Crippen LogP contribution in [0.15, 0.2) is 44.8 Å². The molecule has 3 aliphatic rings. The van der Waals surface area contributed by atoms with E-state index >= 15 is 0 Å². The normalized spacial score (nSPS) is 21.6. The molecule has 0 aliphatic heterocycles. The zero-order chi connectivity index (χ0) is 13.1. The van der Waals surface area contributed by atoms with Gasteiger partial charge in [-0.15, -0.1) is 24.8 Å². The largest absolute Gasteiger partial charge is 0.147 e. The van der Waals surface area contributed by atoms with Crippen LogP contribution in [0.1, 0.15) is 51.9 Å². The van der Waals surface area contributed by atoms with E-state index in [-0.39, 0.29) is 24.8 Å². The maximum atomic E-state index is 2.43. The van der Waals surface area contributed by atoms with Crippen molar-refractivity contribution in [1.82, 2.24) is 0 Å². The van der Waals surface area contributed by atoms with Gasteiger partial charge >= 0.3 is 129 Å². The van der Waals surface area contributed by atoms with Crippen LogP contribution in [0.3, 0.4) is 0 Å². The Morgan fingerprint density at radius 3 is 2.43 bits per heavy atom. The molecule has 0 saturated heterocycles. The molecule has 115 valence electrons. The first-order valence-electron chi connectivity index (χ1n) is 7.71. The van der Waals surface area contributed by atoms with Crippen LogP contribution in [0, 0.1) is 5.92 Å². The van der Waals surface area contributed by atoms with Gasteiger partial charge in [-0.2, -0.15) is 0 Å². The fraction of sp³-hybridized carbons (Fsp3) is 0.500. The second-order valence-corrected chi connectivity index (χ2v) is 9.76. The smallest absolute Gasteiger partial charge is 0.147 e. The molecule has 1 unspecified atom stereocenters. The molecule has 0 amide bonds. The summed E-state index contributed by atoms with van der Waals surface area (Å²) < 4.78 is 3.86. The maximum Gasteiger partial charge on any atom is -0.147 e. The summed E-state index contributed by atoms with van der Waals surface area (Å²) in [7, 11) is 0. The minimum Gasteiger partial charge on any atom is -0.147 e. The van der Waals surface area contributed by atoms with Gasteiger partial charge in [0.15, 0.2) is 0 Å². The van der Waals surface area contributed by atoms with Gasteiger partial charge in [0, 0.05) is 0 Å². The number of halogens is 2. The van der Waals surface area contributed by atoms with E-state index in [9.17, 15) is 0 Å². The number of hydrogen-bond donors (Lipinski definition) is 0. The maximum absolute atomic E-state index is 2.43.